The summed E-state index contributed by atoms with van der Waals surface area (Å²) in [6, 6.07) is 16.8. The molecule has 6 nitrogen and oxygen atoms in total. The molecule has 1 amide bonds. The zero-order valence-electron chi connectivity index (χ0n) is 19.2. The number of carboxylic acids is 1. The van der Waals surface area contributed by atoms with Crippen LogP contribution in [0.2, 0.25) is 0 Å². The average molecular weight is 591 g/mol. The molecule has 0 radical (unpaired) electrons. The summed E-state index contributed by atoms with van der Waals surface area (Å²) in [5.74, 6) is -0.311. The lowest BCUT2D eigenvalue weighted by molar-refractivity contribution is -0.141. The lowest BCUT2D eigenvalue weighted by atomic mass is 10.00. The van der Waals surface area contributed by atoms with E-state index in [-0.39, 0.29) is 11.7 Å². The SMILES string of the molecule is CC(C)c1cc(Oc2c(Br)cc(N(C(=O)c3ccccc3)C(C)(C)C(=O)O)cc2Br)ccc1O. The van der Waals surface area contributed by atoms with Crippen molar-refractivity contribution in [3.05, 3.63) is 80.7 Å². The fourth-order valence-electron chi connectivity index (χ4n) is 3.45. The summed E-state index contributed by atoms with van der Waals surface area (Å²) in [4.78, 5) is 26.8. The van der Waals surface area contributed by atoms with Gasteiger partial charge in [0, 0.05) is 16.8 Å². The molecule has 0 fully saturated rings. The maximum Gasteiger partial charge on any atom is 0.329 e. The van der Waals surface area contributed by atoms with E-state index in [4.69, 9.17) is 4.74 Å². The first kappa shape index (κ1) is 25.8. The Morgan fingerprint density at radius 2 is 1.56 bits per heavy atom. The zero-order chi connectivity index (χ0) is 25.2. The molecular weight excluding hydrogens is 566 g/mol. The third-order valence-corrected chi connectivity index (χ3v) is 6.57. The molecule has 34 heavy (non-hydrogen) atoms. The molecule has 3 aromatic rings. The van der Waals surface area contributed by atoms with E-state index in [2.05, 4.69) is 31.9 Å². The van der Waals surface area contributed by atoms with E-state index in [0.717, 1.165) is 5.56 Å². The van der Waals surface area contributed by atoms with Crippen molar-refractivity contribution in [2.45, 2.75) is 39.2 Å². The van der Waals surface area contributed by atoms with Crippen molar-refractivity contribution in [3.63, 3.8) is 0 Å². The van der Waals surface area contributed by atoms with E-state index < -0.39 is 17.4 Å². The van der Waals surface area contributed by atoms with Gasteiger partial charge in [0.05, 0.1) is 8.95 Å². The van der Waals surface area contributed by atoms with Crippen molar-refractivity contribution < 1.29 is 24.5 Å². The van der Waals surface area contributed by atoms with E-state index in [1.54, 1.807) is 60.7 Å². The van der Waals surface area contributed by atoms with Crippen LogP contribution < -0.4 is 9.64 Å². The number of hydrogen-bond acceptors (Lipinski definition) is 4. The second kappa shape index (κ2) is 10.2. The summed E-state index contributed by atoms with van der Waals surface area (Å²) >= 11 is 7.01. The van der Waals surface area contributed by atoms with Gasteiger partial charge in [0.1, 0.15) is 17.0 Å². The number of nitrogens with zero attached hydrogens (tertiary/aromatic N) is 1. The molecule has 0 heterocycles. The minimum Gasteiger partial charge on any atom is -0.508 e. The van der Waals surface area contributed by atoms with Crippen LogP contribution in [0.5, 0.6) is 17.2 Å². The van der Waals surface area contributed by atoms with Crippen LogP contribution in [0.15, 0.2) is 69.6 Å². The smallest absolute Gasteiger partial charge is 0.329 e. The lowest BCUT2D eigenvalue weighted by Crippen LogP contribution is -2.53. The normalized spacial score (nSPS) is 11.4. The molecule has 0 aromatic heterocycles. The number of carboxylic acid groups (broad SMARTS) is 1. The zero-order valence-corrected chi connectivity index (χ0v) is 22.3. The van der Waals surface area contributed by atoms with Crippen molar-refractivity contribution >= 4 is 49.4 Å². The molecule has 0 saturated carbocycles. The number of anilines is 1. The number of aliphatic carboxylic acids is 1. The van der Waals surface area contributed by atoms with Gasteiger partial charge in [-0.05, 0) is 94.1 Å². The second-order valence-corrected chi connectivity index (χ2v) is 10.3. The average Bonchev–Trinajstić information content (AvgIpc) is 2.77. The highest BCUT2D eigenvalue weighted by atomic mass is 79.9. The number of halogens is 2. The van der Waals surface area contributed by atoms with Gasteiger partial charge in [-0.25, -0.2) is 4.79 Å². The third-order valence-electron chi connectivity index (χ3n) is 5.39. The Morgan fingerprint density at radius 3 is 2.09 bits per heavy atom. The fraction of sp³-hybridized carbons (Fsp3) is 0.231. The molecule has 0 atom stereocenters. The maximum absolute atomic E-state index is 13.4. The van der Waals surface area contributed by atoms with Crippen LogP contribution >= 0.6 is 31.9 Å². The lowest BCUT2D eigenvalue weighted by Gasteiger charge is -2.35. The van der Waals surface area contributed by atoms with Gasteiger partial charge in [-0.2, -0.15) is 0 Å². The number of aromatic hydroxyl groups is 1. The molecule has 3 rings (SSSR count). The number of benzene rings is 3. The number of amides is 1. The van der Waals surface area contributed by atoms with E-state index in [1.165, 1.54) is 18.7 Å². The van der Waals surface area contributed by atoms with Gasteiger partial charge in [0.15, 0.2) is 5.75 Å². The molecule has 178 valence electrons. The summed E-state index contributed by atoms with van der Waals surface area (Å²) in [5, 5.41) is 20.0. The van der Waals surface area contributed by atoms with Crippen molar-refractivity contribution in [3.8, 4) is 17.2 Å². The first-order chi connectivity index (χ1) is 15.9. The highest BCUT2D eigenvalue weighted by Gasteiger charge is 2.40. The number of phenols is 1. The standard InChI is InChI=1S/C26H25Br2NO5/c1-15(2)19-14-18(10-11-22(19)30)34-23-20(27)12-17(13-21(23)28)29(26(3,4)25(32)33)24(31)16-8-6-5-7-9-16/h5-15,30H,1-4H3,(H,32,33). The van der Waals surface area contributed by atoms with Crippen LogP contribution in [-0.4, -0.2) is 27.6 Å². The Hall–Kier alpha value is -2.84. The summed E-state index contributed by atoms with van der Waals surface area (Å²) in [5.41, 5.74) is -0.0306. The summed E-state index contributed by atoms with van der Waals surface area (Å²) in [6.45, 7) is 6.91. The number of phenolic OH excluding ortho intramolecular Hbond substituents is 1. The molecule has 0 saturated heterocycles. The number of carbonyl (C=O) groups excluding carboxylic acids is 1. The Morgan fingerprint density at radius 1 is 0.971 bits per heavy atom. The van der Waals surface area contributed by atoms with Crippen molar-refractivity contribution in [1.82, 2.24) is 0 Å². The Bertz CT molecular complexity index is 1200. The molecule has 0 aliphatic rings. The molecule has 8 heteroatoms. The van der Waals surface area contributed by atoms with E-state index in [9.17, 15) is 19.8 Å². The highest BCUT2D eigenvalue weighted by molar-refractivity contribution is 9.11. The summed E-state index contributed by atoms with van der Waals surface area (Å²) in [6.07, 6.45) is 0. The van der Waals surface area contributed by atoms with Crippen LogP contribution in [0.3, 0.4) is 0 Å². The predicted molar refractivity (Wildman–Crippen MR) is 139 cm³/mol. The van der Waals surface area contributed by atoms with Gasteiger partial charge in [-0.3, -0.25) is 9.69 Å². The Kier molecular flexibility index (Phi) is 7.73. The number of carbonyl (C=O) groups is 2. The molecule has 0 spiro atoms. The van der Waals surface area contributed by atoms with Gasteiger partial charge in [0.25, 0.3) is 5.91 Å². The predicted octanol–water partition coefficient (Wildman–Crippen LogP) is 7.34. The third kappa shape index (κ3) is 5.28. The Labute approximate surface area is 215 Å². The molecule has 0 aliphatic heterocycles. The minimum absolute atomic E-state index is 0.105. The number of ether oxygens (including phenoxy) is 1. The first-order valence-electron chi connectivity index (χ1n) is 10.6. The van der Waals surface area contributed by atoms with Crippen LogP contribution in [-0.2, 0) is 4.79 Å². The number of rotatable bonds is 7. The van der Waals surface area contributed by atoms with Crippen LogP contribution in [0.25, 0.3) is 0 Å². The minimum atomic E-state index is -1.53. The first-order valence-corrected chi connectivity index (χ1v) is 12.1. The second-order valence-electron chi connectivity index (χ2n) is 8.59. The topological polar surface area (TPSA) is 87.1 Å². The number of hydrogen-bond donors (Lipinski definition) is 2. The molecular formula is C26H25Br2NO5. The molecule has 0 bridgehead atoms. The van der Waals surface area contributed by atoms with Crippen molar-refractivity contribution in [1.29, 1.82) is 0 Å². The van der Waals surface area contributed by atoms with E-state index in [1.807, 2.05) is 13.8 Å². The van der Waals surface area contributed by atoms with E-state index >= 15 is 0 Å². The van der Waals surface area contributed by atoms with Crippen molar-refractivity contribution in [2.24, 2.45) is 0 Å². The van der Waals surface area contributed by atoms with Gasteiger partial charge in [0.2, 0.25) is 0 Å². The van der Waals surface area contributed by atoms with Crippen molar-refractivity contribution in [2.75, 3.05) is 4.90 Å². The molecule has 2 N–H and O–H groups in total. The van der Waals surface area contributed by atoms with Gasteiger partial charge in [-0.15, -0.1) is 0 Å². The summed E-state index contributed by atoms with van der Waals surface area (Å²) in [7, 11) is 0. The monoisotopic (exact) mass is 589 g/mol. The molecule has 3 aromatic carbocycles. The van der Waals surface area contributed by atoms with Crippen LogP contribution in [0, 0.1) is 0 Å². The molecule has 0 unspecified atom stereocenters. The van der Waals surface area contributed by atoms with E-state index in [0.29, 0.717) is 31.7 Å². The molecule has 0 aliphatic carbocycles. The van der Waals surface area contributed by atoms with Crippen LogP contribution in [0.4, 0.5) is 5.69 Å². The van der Waals surface area contributed by atoms with Crippen LogP contribution in [0.1, 0.15) is 49.5 Å². The van der Waals surface area contributed by atoms with Gasteiger partial charge < -0.3 is 14.9 Å². The van der Waals surface area contributed by atoms with Gasteiger partial charge >= 0.3 is 5.97 Å². The highest BCUT2D eigenvalue weighted by Crippen LogP contribution is 2.42. The largest absolute Gasteiger partial charge is 0.508 e. The quantitative estimate of drug-likeness (QED) is 0.300. The maximum atomic E-state index is 13.4. The summed E-state index contributed by atoms with van der Waals surface area (Å²) < 4.78 is 7.11. The van der Waals surface area contributed by atoms with Gasteiger partial charge in [-0.1, -0.05) is 32.0 Å². The Balaban J connectivity index is 2.06. The fourth-order valence-corrected chi connectivity index (χ4v) is 4.77.